The van der Waals surface area contributed by atoms with Gasteiger partial charge in [0.25, 0.3) is 0 Å². The van der Waals surface area contributed by atoms with E-state index >= 15 is 0 Å². The van der Waals surface area contributed by atoms with Gasteiger partial charge in [-0.05, 0) is 37.6 Å². The van der Waals surface area contributed by atoms with Crippen molar-refractivity contribution in [3.05, 3.63) is 28.2 Å². The average molecular weight is 272 g/mol. The summed E-state index contributed by atoms with van der Waals surface area (Å²) in [5.41, 5.74) is 2.08. The first-order valence-electron chi connectivity index (χ1n) is 4.73. The fourth-order valence-corrected chi connectivity index (χ4v) is 1.58. The van der Waals surface area contributed by atoms with E-state index in [2.05, 4.69) is 21.2 Å². The number of halogens is 1. The minimum atomic E-state index is -0.788. The number of aryl methyl sites for hydroxylation is 1. The van der Waals surface area contributed by atoms with Gasteiger partial charge < -0.3 is 10.4 Å². The van der Waals surface area contributed by atoms with Gasteiger partial charge in [-0.3, -0.25) is 4.79 Å². The van der Waals surface area contributed by atoms with Gasteiger partial charge in [0.15, 0.2) is 0 Å². The quantitative estimate of drug-likeness (QED) is 0.885. The minimum absolute atomic E-state index is 0.0666. The third kappa shape index (κ3) is 3.91. The van der Waals surface area contributed by atoms with Gasteiger partial charge in [-0.2, -0.15) is 0 Å². The molecular weight excluding hydrogens is 258 g/mol. The number of benzene rings is 1. The van der Waals surface area contributed by atoms with Gasteiger partial charge in [0.1, 0.15) is 0 Å². The molecule has 0 amide bonds. The molecule has 1 rings (SSSR count). The molecule has 0 aliphatic heterocycles. The summed E-state index contributed by atoms with van der Waals surface area (Å²) in [6, 6.07) is 5.80. The first-order chi connectivity index (χ1) is 6.99. The molecule has 0 fully saturated rings. The molecule has 1 aromatic rings. The molecule has 1 unspecified atom stereocenters. The normalized spacial score (nSPS) is 12.2. The Balaban J connectivity index is 2.64. The Labute approximate surface area is 97.6 Å². The van der Waals surface area contributed by atoms with E-state index in [1.807, 2.05) is 32.0 Å². The van der Waals surface area contributed by atoms with E-state index in [9.17, 15) is 4.79 Å². The second kappa shape index (κ2) is 5.16. The summed E-state index contributed by atoms with van der Waals surface area (Å²) in [5, 5.41) is 11.8. The van der Waals surface area contributed by atoms with Crippen LogP contribution in [0.5, 0.6) is 0 Å². The van der Waals surface area contributed by atoms with Gasteiger partial charge >= 0.3 is 5.97 Å². The topological polar surface area (TPSA) is 49.3 Å². The highest BCUT2D eigenvalue weighted by atomic mass is 79.9. The first kappa shape index (κ1) is 12.0. The van der Waals surface area contributed by atoms with E-state index in [1.165, 1.54) is 0 Å². The summed E-state index contributed by atoms with van der Waals surface area (Å²) in [5.74, 6) is -0.788. The second-order valence-corrected chi connectivity index (χ2v) is 4.46. The van der Waals surface area contributed by atoms with E-state index in [0.717, 1.165) is 15.7 Å². The lowest BCUT2D eigenvalue weighted by Gasteiger charge is -2.13. The van der Waals surface area contributed by atoms with Crippen molar-refractivity contribution < 1.29 is 9.90 Å². The molecule has 4 heteroatoms. The number of hydrogen-bond acceptors (Lipinski definition) is 2. The second-order valence-electron chi connectivity index (χ2n) is 3.61. The Hall–Kier alpha value is -1.03. The fraction of sp³-hybridized carbons (Fsp3) is 0.364. The number of aliphatic carboxylic acids is 1. The zero-order valence-electron chi connectivity index (χ0n) is 8.75. The minimum Gasteiger partial charge on any atom is -0.481 e. The Morgan fingerprint density at radius 3 is 2.80 bits per heavy atom. The Morgan fingerprint density at radius 2 is 2.27 bits per heavy atom. The van der Waals surface area contributed by atoms with Crippen LogP contribution in [0.15, 0.2) is 22.7 Å². The van der Waals surface area contributed by atoms with E-state index < -0.39 is 5.97 Å². The summed E-state index contributed by atoms with van der Waals surface area (Å²) in [7, 11) is 0. The number of carboxylic acids is 1. The van der Waals surface area contributed by atoms with Crippen molar-refractivity contribution in [1.29, 1.82) is 0 Å². The summed E-state index contributed by atoms with van der Waals surface area (Å²) in [6.07, 6.45) is 0.120. The lowest BCUT2D eigenvalue weighted by atomic mass is 10.2. The zero-order chi connectivity index (χ0) is 11.4. The Morgan fingerprint density at radius 1 is 1.60 bits per heavy atom. The molecule has 82 valence electrons. The van der Waals surface area contributed by atoms with Gasteiger partial charge in [0, 0.05) is 16.2 Å². The van der Waals surface area contributed by atoms with E-state index in [1.54, 1.807) is 0 Å². The number of hydrogen-bond donors (Lipinski definition) is 2. The first-order valence-corrected chi connectivity index (χ1v) is 5.53. The zero-order valence-corrected chi connectivity index (χ0v) is 10.3. The lowest BCUT2D eigenvalue weighted by molar-refractivity contribution is -0.137. The van der Waals surface area contributed by atoms with Crippen LogP contribution in [0.25, 0.3) is 0 Å². The summed E-state index contributed by atoms with van der Waals surface area (Å²) in [4.78, 5) is 10.5. The van der Waals surface area contributed by atoms with Crippen molar-refractivity contribution in [3.8, 4) is 0 Å². The molecule has 0 saturated heterocycles. The highest BCUT2D eigenvalue weighted by molar-refractivity contribution is 9.10. The van der Waals surface area contributed by atoms with Gasteiger partial charge in [0.2, 0.25) is 0 Å². The maximum Gasteiger partial charge on any atom is 0.305 e. The molecule has 0 radical (unpaired) electrons. The monoisotopic (exact) mass is 271 g/mol. The van der Waals surface area contributed by atoms with Crippen molar-refractivity contribution in [3.63, 3.8) is 0 Å². The maximum atomic E-state index is 10.5. The number of carbonyl (C=O) groups is 1. The number of rotatable bonds is 4. The van der Waals surface area contributed by atoms with Crippen LogP contribution in [0.4, 0.5) is 5.69 Å². The third-order valence-electron chi connectivity index (χ3n) is 2.05. The standard InChI is InChI=1S/C11H14BrNO2/c1-7-5-9(3-4-10(7)12)13-8(2)6-11(14)15/h3-5,8,13H,6H2,1-2H3,(H,14,15). The Kier molecular flexibility index (Phi) is 4.15. The molecule has 3 nitrogen and oxygen atoms in total. The number of carboxylic acid groups (broad SMARTS) is 1. The van der Waals surface area contributed by atoms with Crippen LogP contribution >= 0.6 is 15.9 Å². The highest BCUT2D eigenvalue weighted by Gasteiger charge is 2.07. The maximum absolute atomic E-state index is 10.5. The summed E-state index contributed by atoms with van der Waals surface area (Å²) < 4.78 is 1.05. The molecule has 0 saturated carbocycles. The van der Waals surface area contributed by atoms with Gasteiger partial charge in [0.05, 0.1) is 6.42 Å². The number of anilines is 1. The van der Waals surface area contributed by atoms with Gasteiger partial charge in [-0.15, -0.1) is 0 Å². The predicted octanol–water partition coefficient (Wildman–Crippen LogP) is 3.03. The molecule has 0 aliphatic carbocycles. The molecule has 15 heavy (non-hydrogen) atoms. The van der Waals surface area contributed by atoms with Gasteiger partial charge in [-0.25, -0.2) is 0 Å². The van der Waals surface area contributed by atoms with E-state index in [0.29, 0.717) is 0 Å². The summed E-state index contributed by atoms with van der Waals surface area (Å²) >= 11 is 3.41. The van der Waals surface area contributed by atoms with Crippen molar-refractivity contribution in [1.82, 2.24) is 0 Å². The fourth-order valence-electron chi connectivity index (χ4n) is 1.33. The van der Waals surface area contributed by atoms with E-state index in [-0.39, 0.29) is 12.5 Å². The summed E-state index contributed by atoms with van der Waals surface area (Å²) in [6.45, 7) is 3.85. The smallest absolute Gasteiger partial charge is 0.305 e. The van der Waals surface area contributed by atoms with Crippen LogP contribution in [0, 0.1) is 6.92 Å². The van der Waals surface area contributed by atoms with Crippen molar-refractivity contribution in [2.45, 2.75) is 26.3 Å². The Bertz CT molecular complexity index is 366. The lowest BCUT2D eigenvalue weighted by Crippen LogP contribution is -2.19. The van der Waals surface area contributed by atoms with Gasteiger partial charge in [-0.1, -0.05) is 15.9 Å². The molecule has 0 spiro atoms. The molecule has 1 aromatic carbocycles. The third-order valence-corrected chi connectivity index (χ3v) is 2.94. The molecule has 1 atom stereocenters. The van der Waals surface area contributed by atoms with Crippen molar-refractivity contribution in [2.75, 3.05) is 5.32 Å². The van der Waals surface area contributed by atoms with Crippen LogP contribution in [0.3, 0.4) is 0 Å². The largest absolute Gasteiger partial charge is 0.481 e. The van der Waals surface area contributed by atoms with Crippen molar-refractivity contribution >= 4 is 27.6 Å². The van der Waals surface area contributed by atoms with Crippen LogP contribution in [-0.2, 0) is 4.79 Å². The molecule has 0 aromatic heterocycles. The molecule has 0 heterocycles. The van der Waals surface area contributed by atoms with Crippen LogP contribution in [-0.4, -0.2) is 17.1 Å². The average Bonchev–Trinajstić information content (AvgIpc) is 2.10. The number of nitrogens with one attached hydrogen (secondary N) is 1. The van der Waals surface area contributed by atoms with Crippen LogP contribution in [0.1, 0.15) is 18.9 Å². The molecular formula is C11H14BrNO2. The predicted molar refractivity (Wildman–Crippen MR) is 64.2 cm³/mol. The molecule has 2 N–H and O–H groups in total. The highest BCUT2D eigenvalue weighted by Crippen LogP contribution is 2.20. The van der Waals surface area contributed by atoms with E-state index in [4.69, 9.17) is 5.11 Å². The SMILES string of the molecule is Cc1cc(NC(C)CC(=O)O)ccc1Br. The molecule has 0 aliphatic rings. The van der Waals surface area contributed by atoms with Crippen LogP contribution < -0.4 is 5.32 Å². The van der Waals surface area contributed by atoms with Crippen molar-refractivity contribution in [2.24, 2.45) is 0 Å². The van der Waals surface area contributed by atoms with Crippen LogP contribution in [0.2, 0.25) is 0 Å². The molecule has 0 bridgehead atoms.